The maximum atomic E-state index is 11.3. The van der Waals surface area contributed by atoms with Gasteiger partial charge in [-0.2, -0.15) is 4.98 Å². The van der Waals surface area contributed by atoms with Gasteiger partial charge in [-0.3, -0.25) is 4.79 Å². The van der Waals surface area contributed by atoms with Crippen molar-refractivity contribution in [1.82, 2.24) is 9.97 Å². The molecule has 0 aliphatic rings. The van der Waals surface area contributed by atoms with Crippen molar-refractivity contribution >= 4 is 44.9 Å². The summed E-state index contributed by atoms with van der Waals surface area (Å²) in [5.41, 5.74) is 2.43. The Hall–Kier alpha value is -2.73. The summed E-state index contributed by atoms with van der Waals surface area (Å²) in [7, 11) is 0. The van der Waals surface area contributed by atoms with E-state index in [1.165, 1.54) is 0 Å². The first-order chi connectivity index (χ1) is 11.6. The summed E-state index contributed by atoms with van der Waals surface area (Å²) >= 11 is 3.41. The lowest BCUT2D eigenvalue weighted by atomic mass is 10.1. The minimum Gasteiger partial charge on any atom is -0.340 e. The van der Waals surface area contributed by atoms with E-state index in [0.717, 1.165) is 15.8 Å². The van der Waals surface area contributed by atoms with Crippen molar-refractivity contribution in [3.8, 4) is 0 Å². The number of carbonyl (C=O) groups excluding carboxylic acids is 1. The first-order valence-corrected chi connectivity index (χ1v) is 8.13. The van der Waals surface area contributed by atoms with Crippen molar-refractivity contribution < 1.29 is 4.79 Å². The van der Waals surface area contributed by atoms with Gasteiger partial charge < -0.3 is 10.6 Å². The molecule has 0 aliphatic heterocycles. The lowest BCUT2D eigenvalue weighted by Crippen LogP contribution is -2.00. The van der Waals surface area contributed by atoms with E-state index in [-0.39, 0.29) is 5.78 Å². The maximum absolute atomic E-state index is 11.3. The fourth-order valence-corrected chi connectivity index (χ4v) is 2.35. The van der Waals surface area contributed by atoms with Crippen LogP contribution in [0.5, 0.6) is 0 Å². The zero-order valence-electron chi connectivity index (χ0n) is 13.0. The molecule has 5 nitrogen and oxygen atoms in total. The molecule has 0 bridgehead atoms. The molecular weight excluding hydrogens is 368 g/mol. The second kappa shape index (κ2) is 7.23. The van der Waals surface area contributed by atoms with Crippen LogP contribution in [0.25, 0.3) is 0 Å². The van der Waals surface area contributed by atoms with E-state index in [9.17, 15) is 4.79 Å². The third kappa shape index (κ3) is 4.17. The average molecular weight is 383 g/mol. The normalized spacial score (nSPS) is 10.2. The van der Waals surface area contributed by atoms with Crippen molar-refractivity contribution in [2.24, 2.45) is 0 Å². The molecular formula is C18H15BrN4O. The predicted octanol–water partition coefficient (Wildman–Crippen LogP) is 4.93. The highest BCUT2D eigenvalue weighted by atomic mass is 79.9. The second-order valence-corrected chi connectivity index (χ2v) is 6.07. The third-order valence-corrected chi connectivity index (χ3v) is 3.85. The summed E-state index contributed by atoms with van der Waals surface area (Å²) in [5, 5.41) is 6.35. The average Bonchev–Trinajstić information content (AvgIpc) is 2.58. The smallest absolute Gasteiger partial charge is 0.229 e. The molecule has 0 spiro atoms. The first kappa shape index (κ1) is 16.1. The highest BCUT2D eigenvalue weighted by molar-refractivity contribution is 9.10. The molecule has 3 aromatic rings. The number of nitrogens with one attached hydrogen (secondary N) is 2. The monoisotopic (exact) mass is 382 g/mol. The quantitative estimate of drug-likeness (QED) is 0.612. The van der Waals surface area contributed by atoms with Crippen LogP contribution in [0.1, 0.15) is 17.3 Å². The molecule has 2 aromatic carbocycles. The number of hydrogen-bond acceptors (Lipinski definition) is 5. The molecule has 0 unspecified atom stereocenters. The Morgan fingerprint density at radius 2 is 1.54 bits per heavy atom. The van der Waals surface area contributed by atoms with Crippen molar-refractivity contribution in [3.05, 3.63) is 70.8 Å². The molecule has 0 amide bonds. The van der Waals surface area contributed by atoms with Gasteiger partial charge in [-0.1, -0.05) is 15.9 Å². The number of halogens is 1. The lowest BCUT2D eigenvalue weighted by molar-refractivity contribution is 0.101. The van der Waals surface area contributed by atoms with Gasteiger partial charge in [-0.15, -0.1) is 0 Å². The molecule has 1 heterocycles. The zero-order valence-corrected chi connectivity index (χ0v) is 14.5. The van der Waals surface area contributed by atoms with Gasteiger partial charge in [0.05, 0.1) is 0 Å². The summed E-state index contributed by atoms with van der Waals surface area (Å²) in [6, 6.07) is 16.8. The molecule has 0 saturated carbocycles. The summed E-state index contributed by atoms with van der Waals surface area (Å²) in [6.45, 7) is 1.54. The van der Waals surface area contributed by atoms with Crippen LogP contribution in [0.2, 0.25) is 0 Å². The molecule has 1 aromatic heterocycles. The van der Waals surface area contributed by atoms with Crippen LogP contribution in [0.4, 0.5) is 23.1 Å². The van der Waals surface area contributed by atoms with E-state index in [1.807, 2.05) is 36.4 Å². The van der Waals surface area contributed by atoms with Crippen molar-refractivity contribution in [2.75, 3.05) is 10.6 Å². The van der Waals surface area contributed by atoms with E-state index in [4.69, 9.17) is 0 Å². The topological polar surface area (TPSA) is 66.9 Å². The lowest BCUT2D eigenvalue weighted by Gasteiger charge is -2.09. The number of ketones is 1. The number of aromatic nitrogens is 2. The van der Waals surface area contributed by atoms with E-state index >= 15 is 0 Å². The van der Waals surface area contributed by atoms with Crippen LogP contribution in [0.15, 0.2) is 65.3 Å². The fraction of sp³-hybridized carbons (Fsp3) is 0.0556. The van der Waals surface area contributed by atoms with Crippen molar-refractivity contribution in [3.63, 3.8) is 0 Å². The second-order valence-electron chi connectivity index (χ2n) is 5.16. The Balaban J connectivity index is 1.72. The fourth-order valence-electron chi connectivity index (χ4n) is 2.09. The van der Waals surface area contributed by atoms with Crippen LogP contribution in [-0.2, 0) is 0 Å². The van der Waals surface area contributed by atoms with Gasteiger partial charge in [-0.25, -0.2) is 4.98 Å². The molecule has 24 heavy (non-hydrogen) atoms. The SMILES string of the molecule is CC(=O)c1ccc(Nc2nccc(Nc3ccc(Br)cc3)n2)cc1. The Morgan fingerprint density at radius 3 is 2.21 bits per heavy atom. The molecule has 0 saturated heterocycles. The molecule has 120 valence electrons. The largest absolute Gasteiger partial charge is 0.340 e. The van der Waals surface area contributed by atoms with Crippen LogP contribution in [-0.4, -0.2) is 15.8 Å². The number of hydrogen-bond donors (Lipinski definition) is 2. The predicted molar refractivity (Wildman–Crippen MR) is 99.2 cm³/mol. The summed E-state index contributed by atoms with van der Waals surface area (Å²) in [5.74, 6) is 1.21. The van der Waals surface area contributed by atoms with Crippen LogP contribution in [0, 0.1) is 0 Å². The van der Waals surface area contributed by atoms with E-state index in [1.54, 1.807) is 31.3 Å². The molecule has 0 atom stereocenters. The Morgan fingerprint density at radius 1 is 0.917 bits per heavy atom. The Bertz CT molecular complexity index is 848. The van der Waals surface area contributed by atoms with E-state index < -0.39 is 0 Å². The standard InChI is InChI=1S/C18H15BrN4O/c1-12(24)13-2-6-16(7-3-13)22-18-20-11-10-17(23-18)21-15-8-4-14(19)5-9-15/h2-11H,1H3,(H2,20,21,22,23). The van der Waals surface area contributed by atoms with Crippen molar-refractivity contribution in [1.29, 1.82) is 0 Å². The van der Waals surface area contributed by atoms with E-state index in [0.29, 0.717) is 17.3 Å². The molecule has 0 fully saturated rings. The molecule has 0 radical (unpaired) electrons. The first-order valence-electron chi connectivity index (χ1n) is 7.34. The highest BCUT2D eigenvalue weighted by Crippen LogP contribution is 2.20. The highest BCUT2D eigenvalue weighted by Gasteiger charge is 2.03. The van der Waals surface area contributed by atoms with Gasteiger partial charge in [0.15, 0.2) is 5.78 Å². The molecule has 0 aliphatic carbocycles. The molecule has 3 rings (SSSR count). The van der Waals surface area contributed by atoms with Crippen LogP contribution in [0.3, 0.4) is 0 Å². The molecule has 6 heteroatoms. The number of carbonyl (C=O) groups is 1. The minimum absolute atomic E-state index is 0.0403. The number of Topliss-reactive ketones (excluding diaryl/α,β-unsaturated/α-hetero) is 1. The number of benzene rings is 2. The zero-order chi connectivity index (χ0) is 16.9. The van der Waals surface area contributed by atoms with Gasteiger partial charge in [0.1, 0.15) is 5.82 Å². The Kier molecular flexibility index (Phi) is 4.86. The van der Waals surface area contributed by atoms with Crippen LogP contribution >= 0.6 is 15.9 Å². The summed E-state index contributed by atoms with van der Waals surface area (Å²) in [6.07, 6.45) is 1.68. The maximum Gasteiger partial charge on any atom is 0.229 e. The van der Waals surface area contributed by atoms with Gasteiger partial charge in [0.2, 0.25) is 5.95 Å². The van der Waals surface area contributed by atoms with Crippen LogP contribution < -0.4 is 10.6 Å². The van der Waals surface area contributed by atoms with Gasteiger partial charge in [-0.05, 0) is 61.5 Å². The van der Waals surface area contributed by atoms with Gasteiger partial charge in [0, 0.05) is 27.6 Å². The van der Waals surface area contributed by atoms with E-state index in [2.05, 4.69) is 36.5 Å². The van der Waals surface area contributed by atoms with Gasteiger partial charge in [0.25, 0.3) is 0 Å². The number of anilines is 4. The Labute approximate surface area is 148 Å². The number of nitrogens with zero attached hydrogens (tertiary/aromatic N) is 2. The third-order valence-electron chi connectivity index (χ3n) is 3.32. The van der Waals surface area contributed by atoms with Crippen molar-refractivity contribution in [2.45, 2.75) is 6.92 Å². The van der Waals surface area contributed by atoms with Gasteiger partial charge >= 0.3 is 0 Å². The summed E-state index contributed by atoms with van der Waals surface area (Å²) in [4.78, 5) is 19.9. The molecule has 2 N–H and O–H groups in total. The number of rotatable bonds is 5. The summed E-state index contributed by atoms with van der Waals surface area (Å²) < 4.78 is 1.02. The minimum atomic E-state index is 0.0403.